The molecular formula is C15H29N3O. The second-order valence-electron chi connectivity index (χ2n) is 6.33. The number of carbonyl (C=O) groups excluding carboxylic acids is 1. The molecular weight excluding hydrogens is 238 g/mol. The number of amides is 1. The van der Waals surface area contributed by atoms with Crippen molar-refractivity contribution in [3.8, 4) is 0 Å². The maximum absolute atomic E-state index is 11.8. The quantitative estimate of drug-likeness (QED) is 0.735. The van der Waals surface area contributed by atoms with E-state index in [0.29, 0.717) is 24.5 Å². The first-order valence-corrected chi connectivity index (χ1v) is 7.92. The average molecular weight is 267 g/mol. The number of nitrogens with one attached hydrogen (secondary N) is 2. The minimum absolute atomic E-state index is 0.227. The van der Waals surface area contributed by atoms with Gasteiger partial charge >= 0.3 is 0 Å². The van der Waals surface area contributed by atoms with Crippen LogP contribution in [0.25, 0.3) is 0 Å². The first-order valence-electron chi connectivity index (χ1n) is 7.92. The van der Waals surface area contributed by atoms with Gasteiger partial charge in [-0.3, -0.25) is 9.69 Å². The lowest BCUT2D eigenvalue weighted by Gasteiger charge is -2.33. The third-order valence-corrected chi connectivity index (χ3v) is 4.17. The molecule has 1 aliphatic carbocycles. The van der Waals surface area contributed by atoms with Crippen LogP contribution in [0.5, 0.6) is 0 Å². The highest BCUT2D eigenvalue weighted by atomic mass is 16.1. The molecule has 1 atom stereocenters. The fraction of sp³-hybridized carbons (Fsp3) is 0.933. The number of piperidine rings is 1. The lowest BCUT2D eigenvalue weighted by Crippen LogP contribution is -2.46. The summed E-state index contributed by atoms with van der Waals surface area (Å²) < 4.78 is 0. The first-order chi connectivity index (χ1) is 9.15. The normalized spacial score (nSPS) is 23.9. The van der Waals surface area contributed by atoms with Gasteiger partial charge in [0.1, 0.15) is 0 Å². The Balaban J connectivity index is 1.69. The highest BCUT2D eigenvalue weighted by Crippen LogP contribution is 2.18. The van der Waals surface area contributed by atoms with Crippen LogP contribution in [0.15, 0.2) is 0 Å². The average Bonchev–Trinajstić information content (AvgIpc) is 3.19. The molecule has 0 aromatic rings. The van der Waals surface area contributed by atoms with Crippen LogP contribution in [0.1, 0.15) is 52.4 Å². The van der Waals surface area contributed by atoms with Crippen LogP contribution < -0.4 is 10.6 Å². The van der Waals surface area contributed by atoms with Crippen LogP contribution in [0.2, 0.25) is 0 Å². The summed E-state index contributed by atoms with van der Waals surface area (Å²) >= 11 is 0. The van der Waals surface area contributed by atoms with Crippen LogP contribution >= 0.6 is 0 Å². The van der Waals surface area contributed by atoms with Gasteiger partial charge in [0.15, 0.2) is 0 Å². The molecule has 4 nitrogen and oxygen atoms in total. The lowest BCUT2D eigenvalue weighted by atomic mass is 10.0. The van der Waals surface area contributed by atoms with Crippen molar-refractivity contribution in [1.29, 1.82) is 0 Å². The van der Waals surface area contributed by atoms with E-state index in [1.165, 1.54) is 32.1 Å². The number of carbonyl (C=O) groups is 1. The Kier molecular flexibility index (Phi) is 5.64. The summed E-state index contributed by atoms with van der Waals surface area (Å²) in [5.74, 6) is 0.227. The molecule has 1 heterocycles. The Labute approximate surface area is 117 Å². The maximum atomic E-state index is 11.8. The topological polar surface area (TPSA) is 44.4 Å². The molecule has 0 radical (unpaired) electrons. The minimum atomic E-state index is 0.227. The van der Waals surface area contributed by atoms with Gasteiger partial charge in [0.05, 0.1) is 0 Å². The summed E-state index contributed by atoms with van der Waals surface area (Å²) in [4.78, 5) is 14.2. The SMILES string of the molecule is CC(C)N(CCC(=O)NC1CC1)CC1CCCCN1. The van der Waals surface area contributed by atoms with Gasteiger partial charge in [-0.05, 0) is 46.1 Å². The molecule has 0 spiro atoms. The largest absolute Gasteiger partial charge is 0.353 e. The molecule has 0 aromatic heterocycles. The van der Waals surface area contributed by atoms with Crippen LogP contribution in [0.4, 0.5) is 0 Å². The van der Waals surface area contributed by atoms with Crippen molar-refractivity contribution in [3.05, 3.63) is 0 Å². The second-order valence-corrected chi connectivity index (χ2v) is 6.33. The van der Waals surface area contributed by atoms with E-state index >= 15 is 0 Å². The Morgan fingerprint density at radius 1 is 1.32 bits per heavy atom. The maximum Gasteiger partial charge on any atom is 0.221 e. The summed E-state index contributed by atoms with van der Waals surface area (Å²) in [7, 11) is 0. The van der Waals surface area contributed by atoms with Gasteiger partial charge in [0, 0.05) is 37.6 Å². The van der Waals surface area contributed by atoms with E-state index in [1.807, 2.05) is 0 Å². The molecule has 19 heavy (non-hydrogen) atoms. The predicted molar refractivity (Wildman–Crippen MR) is 78.1 cm³/mol. The standard InChI is InChI=1S/C15H29N3O/c1-12(2)18(11-14-5-3-4-9-16-14)10-8-15(19)17-13-6-7-13/h12-14,16H,3-11H2,1-2H3,(H,17,19). The van der Waals surface area contributed by atoms with Crippen molar-refractivity contribution in [3.63, 3.8) is 0 Å². The van der Waals surface area contributed by atoms with Crippen LogP contribution in [0, 0.1) is 0 Å². The van der Waals surface area contributed by atoms with Gasteiger partial charge in [-0.2, -0.15) is 0 Å². The third kappa shape index (κ3) is 5.49. The van der Waals surface area contributed by atoms with Gasteiger partial charge in [-0.25, -0.2) is 0 Å². The lowest BCUT2D eigenvalue weighted by molar-refractivity contribution is -0.121. The van der Waals surface area contributed by atoms with Crippen molar-refractivity contribution in [2.75, 3.05) is 19.6 Å². The van der Waals surface area contributed by atoms with Crippen molar-refractivity contribution in [1.82, 2.24) is 15.5 Å². The number of rotatable bonds is 7. The molecule has 1 saturated heterocycles. The Morgan fingerprint density at radius 2 is 2.11 bits per heavy atom. The van der Waals surface area contributed by atoms with E-state index in [9.17, 15) is 4.79 Å². The zero-order valence-corrected chi connectivity index (χ0v) is 12.5. The molecule has 2 rings (SSSR count). The van der Waals surface area contributed by atoms with Gasteiger partial charge in [0.25, 0.3) is 0 Å². The molecule has 0 bridgehead atoms. The van der Waals surface area contributed by atoms with Crippen molar-refractivity contribution >= 4 is 5.91 Å². The van der Waals surface area contributed by atoms with Crippen molar-refractivity contribution in [2.45, 2.75) is 70.5 Å². The summed E-state index contributed by atoms with van der Waals surface area (Å²) in [6.45, 7) is 7.56. The van der Waals surface area contributed by atoms with Gasteiger partial charge < -0.3 is 10.6 Å². The Bertz CT molecular complexity index is 283. The third-order valence-electron chi connectivity index (χ3n) is 4.17. The number of hydrogen-bond donors (Lipinski definition) is 2. The smallest absolute Gasteiger partial charge is 0.221 e. The summed E-state index contributed by atoms with van der Waals surface area (Å²) in [6.07, 6.45) is 6.91. The number of hydrogen-bond acceptors (Lipinski definition) is 3. The van der Waals surface area contributed by atoms with E-state index in [1.54, 1.807) is 0 Å². The zero-order valence-electron chi connectivity index (χ0n) is 12.5. The van der Waals surface area contributed by atoms with Gasteiger partial charge in [-0.15, -0.1) is 0 Å². The van der Waals surface area contributed by atoms with E-state index < -0.39 is 0 Å². The molecule has 0 aromatic carbocycles. The molecule has 1 unspecified atom stereocenters. The first kappa shape index (κ1) is 14.8. The molecule has 1 saturated carbocycles. The van der Waals surface area contributed by atoms with E-state index in [4.69, 9.17) is 0 Å². The summed E-state index contributed by atoms with van der Waals surface area (Å²) in [6, 6.07) is 1.61. The predicted octanol–water partition coefficient (Wildman–Crippen LogP) is 1.51. The zero-order chi connectivity index (χ0) is 13.7. The second kappa shape index (κ2) is 7.25. The Hall–Kier alpha value is -0.610. The Morgan fingerprint density at radius 3 is 2.68 bits per heavy atom. The van der Waals surface area contributed by atoms with Crippen molar-refractivity contribution < 1.29 is 4.79 Å². The van der Waals surface area contributed by atoms with E-state index in [-0.39, 0.29) is 5.91 Å². The van der Waals surface area contributed by atoms with Gasteiger partial charge in [-0.1, -0.05) is 6.42 Å². The highest BCUT2D eigenvalue weighted by molar-refractivity contribution is 5.76. The van der Waals surface area contributed by atoms with E-state index in [0.717, 1.165) is 19.6 Å². The molecule has 1 aliphatic heterocycles. The molecule has 4 heteroatoms. The molecule has 1 amide bonds. The monoisotopic (exact) mass is 267 g/mol. The summed E-state index contributed by atoms with van der Waals surface area (Å²) in [5.41, 5.74) is 0. The van der Waals surface area contributed by atoms with E-state index in [2.05, 4.69) is 29.4 Å². The number of nitrogens with zero attached hydrogens (tertiary/aromatic N) is 1. The fourth-order valence-corrected chi connectivity index (χ4v) is 2.70. The summed E-state index contributed by atoms with van der Waals surface area (Å²) in [5, 5.41) is 6.66. The molecule has 2 N–H and O–H groups in total. The van der Waals surface area contributed by atoms with Crippen LogP contribution in [-0.2, 0) is 4.79 Å². The minimum Gasteiger partial charge on any atom is -0.353 e. The molecule has 2 fully saturated rings. The van der Waals surface area contributed by atoms with Gasteiger partial charge in [0.2, 0.25) is 5.91 Å². The fourth-order valence-electron chi connectivity index (χ4n) is 2.70. The molecule has 2 aliphatic rings. The van der Waals surface area contributed by atoms with Crippen LogP contribution in [0.3, 0.4) is 0 Å². The molecule has 110 valence electrons. The van der Waals surface area contributed by atoms with Crippen molar-refractivity contribution in [2.24, 2.45) is 0 Å². The highest BCUT2D eigenvalue weighted by Gasteiger charge is 2.24. The van der Waals surface area contributed by atoms with Crippen LogP contribution in [-0.4, -0.2) is 48.6 Å².